The highest BCUT2D eigenvalue weighted by Crippen LogP contribution is 2.46. The molecule has 0 amide bonds. The van der Waals surface area contributed by atoms with Crippen molar-refractivity contribution in [3.8, 4) is 11.5 Å². The van der Waals surface area contributed by atoms with Crippen LogP contribution in [0.3, 0.4) is 0 Å². The average molecular weight is 586 g/mol. The Hall–Kier alpha value is -2.60. The SMILES string of the molecule is COc1ccc(OC[C@@H](C)[C@H]2CCC[C@]23CCC[C@H](CCO[Si](c2ccccc2)(c2ccccc2)C(C)(C)C)N3)cc1. The van der Waals surface area contributed by atoms with Crippen molar-refractivity contribution in [1.29, 1.82) is 0 Å². The van der Waals surface area contributed by atoms with Gasteiger partial charge >= 0.3 is 0 Å². The van der Waals surface area contributed by atoms with Crippen LogP contribution in [0.4, 0.5) is 0 Å². The van der Waals surface area contributed by atoms with E-state index in [9.17, 15) is 0 Å². The lowest BCUT2D eigenvalue weighted by molar-refractivity contribution is 0.0885. The second kappa shape index (κ2) is 13.4. The Morgan fingerprint density at radius 1 is 0.833 bits per heavy atom. The van der Waals surface area contributed by atoms with Crippen molar-refractivity contribution < 1.29 is 13.9 Å². The van der Waals surface area contributed by atoms with Gasteiger partial charge in [0.25, 0.3) is 8.32 Å². The van der Waals surface area contributed by atoms with Gasteiger partial charge in [0, 0.05) is 18.2 Å². The molecule has 0 aromatic heterocycles. The van der Waals surface area contributed by atoms with Gasteiger partial charge in [-0.25, -0.2) is 0 Å². The Balaban J connectivity index is 1.26. The molecule has 1 aliphatic carbocycles. The van der Waals surface area contributed by atoms with Gasteiger partial charge in [0.1, 0.15) is 11.5 Å². The van der Waals surface area contributed by atoms with E-state index >= 15 is 0 Å². The minimum absolute atomic E-state index is 0.00673. The van der Waals surface area contributed by atoms with E-state index in [1.165, 1.54) is 48.9 Å². The Kier molecular flexibility index (Phi) is 9.81. The van der Waals surface area contributed by atoms with Crippen molar-refractivity contribution in [2.75, 3.05) is 20.3 Å². The predicted octanol–water partition coefficient (Wildman–Crippen LogP) is 7.36. The summed E-state index contributed by atoms with van der Waals surface area (Å²) < 4.78 is 18.8. The van der Waals surface area contributed by atoms with E-state index in [4.69, 9.17) is 13.9 Å². The molecule has 1 saturated carbocycles. The zero-order valence-corrected chi connectivity index (χ0v) is 27.4. The first-order chi connectivity index (χ1) is 20.3. The Labute approximate surface area is 255 Å². The van der Waals surface area contributed by atoms with Crippen LogP contribution in [-0.2, 0) is 4.43 Å². The summed E-state index contributed by atoms with van der Waals surface area (Å²) in [7, 11) is -0.809. The van der Waals surface area contributed by atoms with Crippen molar-refractivity contribution in [2.45, 2.75) is 89.3 Å². The minimum Gasteiger partial charge on any atom is -0.497 e. The summed E-state index contributed by atoms with van der Waals surface area (Å²) in [5.74, 6) is 2.91. The quantitative estimate of drug-likeness (QED) is 0.239. The lowest BCUT2D eigenvalue weighted by Gasteiger charge is -2.47. The molecular formula is C37H51NO3Si. The van der Waals surface area contributed by atoms with Crippen LogP contribution in [-0.4, -0.2) is 40.2 Å². The van der Waals surface area contributed by atoms with Crippen LogP contribution in [0.5, 0.6) is 11.5 Å². The molecule has 4 nitrogen and oxygen atoms in total. The van der Waals surface area contributed by atoms with Crippen molar-refractivity contribution in [1.82, 2.24) is 5.32 Å². The molecule has 2 fully saturated rings. The molecule has 1 aliphatic heterocycles. The van der Waals surface area contributed by atoms with Crippen LogP contribution in [0.2, 0.25) is 5.04 Å². The van der Waals surface area contributed by atoms with E-state index < -0.39 is 8.32 Å². The third-order valence-corrected chi connectivity index (χ3v) is 15.0. The van der Waals surface area contributed by atoms with E-state index in [1.807, 2.05) is 24.3 Å². The lowest BCUT2D eigenvalue weighted by atomic mass is 9.73. The number of benzene rings is 3. The topological polar surface area (TPSA) is 39.7 Å². The fourth-order valence-corrected chi connectivity index (χ4v) is 12.6. The molecule has 4 atom stereocenters. The molecule has 1 saturated heterocycles. The third kappa shape index (κ3) is 6.49. The van der Waals surface area contributed by atoms with Crippen molar-refractivity contribution in [3.63, 3.8) is 0 Å². The van der Waals surface area contributed by atoms with Gasteiger partial charge in [-0.3, -0.25) is 0 Å². The summed E-state index contributed by atoms with van der Waals surface area (Å²) in [5.41, 5.74) is 0.225. The molecule has 226 valence electrons. The van der Waals surface area contributed by atoms with E-state index in [0.29, 0.717) is 17.9 Å². The monoisotopic (exact) mass is 585 g/mol. The summed E-state index contributed by atoms with van der Waals surface area (Å²) in [6, 6.07) is 30.5. The maximum Gasteiger partial charge on any atom is 0.261 e. The van der Waals surface area contributed by atoms with E-state index in [1.54, 1.807) is 7.11 Å². The summed E-state index contributed by atoms with van der Waals surface area (Å²) in [6.07, 6.45) is 8.71. The fraction of sp³-hybridized carbons (Fsp3) is 0.514. The summed E-state index contributed by atoms with van der Waals surface area (Å²) in [4.78, 5) is 0. The van der Waals surface area contributed by atoms with Gasteiger partial charge in [0.2, 0.25) is 0 Å². The van der Waals surface area contributed by atoms with Gasteiger partial charge in [-0.1, -0.05) is 101 Å². The Bertz CT molecular complexity index is 1200. The standard InChI is InChI=1S/C37H51NO3Si/c1-29(28-40-32-22-20-31(39-5)21-23-32)35-19-13-26-37(35)25-12-14-30(38-37)24-27-41-42(36(2,3)4,33-15-8-6-9-16-33)34-17-10-7-11-18-34/h6-11,15-18,20-23,29-30,35,38H,12-14,19,24-28H2,1-5H3/t29-,30-,35-,37-/m1/s1. The predicted molar refractivity (Wildman–Crippen MR) is 177 cm³/mol. The number of hydrogen-bond acceptors (Lipinski definition) is 4. The first-order valence-corrected chi connectivity index (χ1v) is 18.0. The molecule has 0 radical (unpaired) electrons. The second-order valence-electron chi connectivity index (χ2n) is 13.7. The first kappa shape index (κ1) is 30.8. The molecule has 0 bridgehead atoms. The molecule has 5 heteroatoms. The summed E-state index contributed by atoms with van der Waals surface area (Å²) >= 11 is 0. The van der Waals surface area contributed by atoms with Crippen LogP contribution < -0.4 is 25.2 Å². The zero-order chi connectivity index (χ0) is 29.6. The molecule has 2 aliphatic rings. The molecule has 1 N–H and O–H groups in total. The molecule has 1 heterocycles. The van der Waals surface area contributed by atoms with Crippen molar-refractivity contribution in [2.24, 2.45) is 11.8 Å². The van der Waals surface area contributed by atoms with Crippen molar-refractivity contribution in [3.05, 3.63) is 84.9 Å². The highest BCUT2D eigenvalue weighted by Gasteiger charge is 2.51. The third-order valence-electron chi connectivity index (χ3n) is 9.98. The largest absolute Gasteiger partial charge is 0.497 e. The van der Waals surface area contributed by atoms with Crippen LogP contribution >= 0.6 is 0 Å². The molecule has 3 aromatic carbocycles. The van der Waals surface area contributed by atoms with Gasteiger partial charge < -0.3 is 19.2 Å². The number of rotatable bonds is 11. The number of methoxy groups -OCH3 is 1. The maximum atomic E-state index is 7.27. The van der Waals surface area contributed by atoms with E-state index in [-0.39, 0.29) is 10.6 Å². The molecule has 3 aromatic rings. The Morgan fingerprint density at radius 3 is 1.98 bits per heavy atom. The summed E-state index contributed by atoms with van der Waals surface area (Å²) in [6.45, 7) is 11.0. The second-order valence-corrected chi connectivity index (χ2v) is 18.0. The number of nitrogens with one attached hydrogen (secondary N) is 1. The molecule has 5 rings (SSSR count). The lowest BCUT2D eigenvalue weighted by Crippen LogP contribution is -2.66. The molecule has 0 unspecified atom stereocenters. The van der Waals surface area contributed by atoms with Gasteiger partial charge in [-0.2, -0.15) is 0 Å². The fourth-order valence-electron chi connectivity index (χ4n) is 7.98. The highest BCUT2D eigenvalue weighted by atomic mass is 28.4. The van der Waals surface area contributed by atoms with Crippen LogP contribution in [0, 0.1) is 11.8 Å². The average Bonchev–Trinajstić information content (AvgIpc) is 3.40. The van der Waals surface area contributed by atoms with Crippen LogP contribution in [0.1, 0.15) is 72.6 Å². The molecular weight excluding hydrogens is 534 g/mol. The summed E-state index contributed by atoms with van der Waals surface area (Å²) in [5, 5.41) is 6.97. The first-order valence-electron chi connectivity index (χ1n) is 16.1. The normalized spacial score (nSPS) is 23.5. The number of piperidine rings is 1. The van der Waals surface area contributed by atoms with Crippen LogP contribution in [0.15, 0.2) is 84.9 Å². The molecule has 1 spiro atoms. The van der Waals surface area contributed by atoms with E-state index in [0.717, 1.165) is 31.1 Å². The van der Waals surface area contributed by atoms with E-state index in [2.05, 4.69) is 93.7 Å². The maximum absolute atomic E-state index is 7.27. The number of ether oxygens (including phenoxy) is 2. The smallest absolute Gasteiger partial charge is 0.261 e. The Morgan fingerprint density at radius 2 is 1.40 bits per heavy atom. The zero-order valence-electron chi connectivity index (χ0n) is 26.4. The van der Waals surface area contributed by atoms with Gasteiger partial charge in [0.15, 0.2) is 0 Å². The minimum atomic E-state index is -2.51. The van der Waals surface area contributed by atoms with Crippen molar-refractivity contribution >= 4 is 18.7 Å². The number of hydrogen-bond donors (Lipinski definition) is 1. The van der Waals surface area contributed by atoms with Gasteiger partial charge in [-0.15, -0.1) is 0 Å². The van der Waals surface area contributed by atoms with Gasteiger partial charge in [0.05, 0.1) is 13.7 Å². The molecule has 42 heavy (non-hydrogen) atoms. The van der Waals surface area contributed by atoms with Crippen LogP contribution in [0.25, 0.3) is 0 Å². The van der Waals surface area contributed by atoms with Gasteiger partial charge in [-0.05, 0) is 83.6 Å². The highest BCUT2D eigenvalue weighted by molar-refractivity contribution is 6.99.